The first-order valence-electron chi connectivity index (χ1n) is 7.13. The van der Waals surface area contributed by atoms with Crippen molar-refractivity contribution in [3.63, 3.8) is 0 Å². The van der Waals surface area contributed by atoms with Crippen LogP contribution >= 0.6 is 22.6 Å². The molecular formula is C21H15IO. The van der Waals surface area contributed by atoms with Gasteiger partial charge in [0.15, 0.2) is 0 Å². The molecule has 0 aliphatic heterocycles. The van der Waals surface area contributed by atoms with Gasteiger partial charge in [-0.25, -0.2) is 0 Å². The summed E-state index contributed by atoms with van der Waals surface area (Å²) in [6.45, 7) is 0. The van der Waals surface area contributed by atoms with E-state index in [1.165, 1.54) is 3.57 Å². The van der Waals surface area contributed by atoms with Gasteiger partial charge in [0.05, 0.1) is 0 Å². The zero-order valence-electron chi connectivity index (χ0n) is 12.4. The third kappa shape index (κ3) is 6.50. The summed E-state index contributed by atoms with van der Waals surface area (Å²) in [5.74, 6) is 5.32. The summed E-state index contributed by atoms with van der Waals surface area (Å²) in [6, 6.07) is 28.8. The molecule has 0 aliphatic carbocycles. The second kappa shape index (κ2) is 9.60. The second-order valence-electron chi connectivity index (χ2n) is 4.61. The number of rotatable bonds is 1. The Kier molecular flexibility index (Phi) is 7.09. The molecule has 0 bridgehead atoms. The molecule has 0 amide bonds. The molecule has 23 heavy (non-hydrogen) atoms. The van der Waals surface area contributed by atoms with Gasteiger partial charge in [0.2, 0.25) is 5.78 Å². The highest BCUT2D eigenvalue weighted by molar-refractivity contribution is 14.1. The molecule has 0 N–H and O–H groups in total. The first-order chi connectivity index (χ1) is 11.3. The van der Waals surface area contributed by atoms with Crippen LogP contribution in [0.15, 0.2) is 91.0 Å². The summed E-state index contributed by atoms with van der Waals surface area (Å²) in [5.41, 5.74) is 1.48. The number of carbonyl (C=O) groups excluding carboxylic acids is 1. The van der Waals surface area contributed by atoms with E-state index in [9.17, 15) is 4.79 Å². The average molecular weight is 410 g/mol. The minimum Gasteiger partial charge on any atom is -0.279 e. The summed E-state index contributed by atoms with van der Waals surface area (Å²) in [5, 5.41) is 0. The highest BCUT2D eigenvalue weighted by Crippen LogP contribution is 2.00. The fourth-order valence-corrected chi connectivity index (χ4v) is 2.14. The minimum atomic E-state index is -0.149. The molecule has 112 valence electrons. The molecule has 0 aliphatic rings. The van der Waals surface area contributed by atoms with Crippen LogP contribution in [0.4, 0.5) is 0 Å². The number of carbonyl (C=O) groups is 1. The molecule has 0 radical (unpaired) electrons. The lowest BCUT2D eigenvalue weighted by atomic mass is 10.1. The summed E-state index contributed by atoms with van der Waals surface area (Å²) in [4.78, 5) is 11.6. The normalized spacial score (nSPS) is 8.91. The van der Waals surface area contributed by atoms with Crippen molar-refractivity contribution >= 4 is 28.4 Å². The van der Waals surface area contributed by atoms with Crippen molar-refractivity contribution in [3.05, 3.63) is 106 Å². The van der Waals surface area contributed by atoms with Crippen molar-refractivity contribution in [1.82, 2.24) is 0 Å². The smallest absolute Gasteiger partial charge is 0.236 e. The highest BCUT2D eigenvalue weighted by atomic mass is 127. The SMILES string of the molecule is Ic1ccccc1.O=C(C#Cc1ccccc1)c1ccccc1. The molecular weight excluding hydrogens is 395 g/mol. The van der Waals surface area contributed by atoms with Crippen molar-refractivity contribution in [2.24, 2.45) is 0 Å². The van der Waals surface area contributed by atoms with Crippen LogP contribution in [0.2, 0.25) is 0 Å². The van der Waals surface area contributed by atoms with E-state index in [1.54, 1.807) is 12.1 Å². The number of hydrogen-bond acceptors (Lipinski definition) is 1. The van der Waals surface area contributed by atoms with E-state index in [1.807, 2.05) is 66.7 Å². The summed E-state index contributed by atoms with van der Waals surface area (Å²) < 4.78 is 1.29. The first kappa shape index (κ1) is 17.0. The van der Waals surface area contributed by atoms with Gasteiger partial charge in [0, 0.05) is 14.7 Å². The summed E-state index contributed by atoms with van der Waals surface area (Å²) in [6.07, 6.45) is 0. The topological polar surface area (TPSA) is 17.1 Å². The van der Waals surface area contributed by atoms with Gasteiger partial charge in [-0.1, -0.05) is 72.7 Å². The number of benzene rings is 3. The van der Waals surface area contributed by atoms with E-state index in [0.717, 1.165) is 5.56 Å². The number of ketones is 1. The first-order valence-corrected chi connectivity index (χ1v) is 8.20. The molecule has 0 saturated carbocycles. The van der Waals surface area contributed by atoms with E-state index in [0.29, 0.717) is 5.56 Å². The Labute approximate surface area is 150 Å². The summed E-state index contributed by atoms with van der Waals surface area (Å²) >= 11 is 2.28. The monoisotopic (exact) mass is 410 g/mol. The Balaban J connectivity index is 0.000000229. The molecule has 3 aromatic rings. The molecule has 0 spiro atoms. The lowest BCUT2D eigenvalue weighted by molar-refractivity contribution is 0.105. The van der Waals surface area contributed by atoms with Gasteiger partial charge in [-0.3, -0.25) is 4.79 Å². The fourth-order valence-electron chi connectivity index (χ4n) is 1.73. The largest absolute Gasteiger partial charge is 0.279 e. The van der Waals surface area contributed by atoms with Crippen LogP contribution < -0.4 is 0 Å². The third-order valence-corrected chi connectivity index (χ3v) is 3.58. The predicted molar refractivity (Wildman–Crippen MR) is 103 cm³/mol. The van der Waals surface area contributed by atoms with Gasteiger partial charge in [-0.15, -0.1) is 0 Å². The second-order valence-corrected chi connectivity index (χ2v) is 5.85. The Morgan fingerprint density at radius 2 is 1.17 bits per heavy atom. The molecule has 1 nitrogen and oxygen atoms in total. The van der Waals surface area contributed by atoms with Crippen molar-refractivity contribution < 1.29 is 4.79 Å². The van der Waals surface area contributed by atoms with Crippen LogP contribution in [0.3, 0.4) is 0 Å². The van der Waals surface area contributed by atoms with E-state index >= 15 is 0 Å². The molecule has 0 fully saturated rings. The van der Waals surface area contributed by atoms with Crippen LogP contribution in [0.5, 0.6) is 0 Å². The molecule has 0 saturated heterocycles. The number of hydrogen-bond donors (Lipinski definition) is 0. The van der Waals surface area contributed by atoms with Crippen molar-refractivity contribution in [1.29, 1.82) is 0 Å². The van der Waals surface area contributed by atoms with E-state index < -0.39 is 0 Å². The molecule has 2 heteroatoms. The third-order valence-electron chi connectivity index (χ3n) is 2.86. The van der Waals surface area contributed by atoms with Gasteiger partial charge < -0.3 is 0 Å². The Hall–Kier alpha value is -2.38. The fraction of sp³-hybridized carbons (Fsp3) is 0. The maximum Gasteiger partial charge on any atom is 0.236 e. The standard InChI is InChI=1S/C15H10O.C6H5I/c16-15(14-9-5-2-6-10-14)12-11-13-7-3-1-4-8-13;7-6-4-2-1-3-5-6/h1-10H;1-5H. The zero-order valence-corrected chi connectivity index (χ0v) is 14.6. The van der Waals surface area contributed by atoms with Crippen molar-refractivity contribution in [2.75, 3.05) is 0 Å². The van der Waals surface area contributed by atoms with Gasteiger partial charge in [-0.05, 0) is 52.8 Å². The van der Waals surface area contributed by atoms with Crippen molar-refractivity contribution in [2.45, 2.75) is 0 Å². The Morgan fingerprint density at radius 3 is 1.65 bits per heavy atom. The van der Waals surface area contributed by atoms with Gasteiger partial charge in [0.1, 0.15) is 0 Å². The average Bonchev–Trinajstić information content (AvgIpc) is 2.62. The summed E-state index contributed by atoms with van der Waals surface area (Å²) in [7, 11) is 0. The lowest BCUT2D eigenvalue weighted by Crippen LogP contribution is -1.93. The van der Waals surface area contributed by atoms with Gasteiger partial charge in [0.25, 0.3) is 0 Å². The molecule has 3 aromatic carbocycles. The molecule has 0 aromatic heterocycles. The van der Waals surface area contributed by atoms with Crippen LogP contribution in [-0.2, 0) is 0 Å². The maximum atomic E-state index is 11.6. The van der Waals surface area contributed by atoms with Crippen LogP contribution in [-0.4, -0.2) is 5.78 Å². The lowest BCUT2D eigenvalue weighted by Gasteiger charge is -1.91. The van der Waals surface area contributed by atoms with E-state index in [-0.39, 0.29) is 5.78 Å². The van der Waals surface area contributed by atoms with Crippen LogP contribution in [0.25, 0.3) is 0 Å². The molecule has 0 heterocycles. The Bertz CT molecular complexity index is 785. The number of halogens is 1. The Morgan fingerprint density at radius 1 is 0.696 bits per heavy atom. The molecule has 0 atom stereocenters. The molecule has 0 unspecified atom stereocenters. The van der Waals surface area contributed by atoms with Crippen molar-refractivity contribution in [3.8, 4) is 11.8 Å². The van der Waals surface area contributed by atoms with E-state index in [2.05, 4.69) is 46.6 Å². The van der Waals surface area contributed by atoms with Gasteiger partial charge in [-0.2, -0.15) is 0 Å². The predicted octanol–water partition coefficient (Wildman–Crippen LogP) is 5.21. The van der Waals surface area contributed by atoms with E-state index in [4.69, 9.17) is 0 Å². The minimum absolute atomic E-state index is 0.149. The number of Topliss-reactive ketones (excluding diaryl/α,β-unsaturated/α-hetero) is 1. The maximum absolute atomic E-state index is 11.6. The quantitative estimate of drug-likeness (QED) is 0.306. The zero-order chi connectivity index (χ0) is 16.3. The highest BCUT2D eigenvalue weighted by Gasteiger charge is 1.98. The van der Waals surface area contributed by atoms with Gasteiger partial charge >= 0.3 is 0 Å². The molecule has 3 rings (SSSR count). The van der Waals surface area contributed by atoms with Crippen LogP contribution in [0, 0.1) is 15.4 Å². The van der Waals surface area contributed by atoms with Crippen LogP contribution in [0.1, 0.15) is 15.9 Å².